The molecule has 0 unspecified atom stereocenters. The molecule has 3 rings (SSSR count). The monoisotopic (exact) mass is 296 g/mol. The molecule has 1 N–H and O–H groups in total. The number of nitrogens with one attached hydrogen (secondary N) is 1. The molecule has 2 aromatic rings. The second kappa shape index (κ2) is 6.34. The molecular weight excluding hydrogens is 280 g/mol. The largest absolute Gasteiger partial charge is 0.354 e. The van der Waals surface area contributed by atoms with Crippen molar-refractivity contribution in [2.45, 2.75) is 12.5 Å². The van der Waals surface area contributed by atoms with Crippen LogP contribution in [0.1, 0.15) is 28.5 Å². The molecule has 0 saturated carbocycles. The second-order valence-electron chi connectivity index (χ2n) is 5.07. The maximum atomic E-state index is 12.7. The molecule has 0 bridgehead atoms. The number of carbonyl (C=O) groups is 2. The van der Waals surface area contributed by atoms with Crippen LogP contribution in [0.3, 0.4) is 0 Å². The number of carbonyl (C=O) groups excluding carboxylic acids is 2. The van der Waals surface area contributed by atoms with Crippen LogP contribution in [0.4, 0.5) is 0 Å². The lowest BCUT2D eigenvalue weighted by atomic mass is 10.0. The van der Waals surface area contributed by atoms with E-state index in [1.807, 2.05) is 30.3 Å². The van der Waals surface area contributed by atoms with Gasteiger partial charge in [-0.2, -0.15) is 0 Å². The van der Waals surface area contributed by atoms with Gasteiger partial charge in [0.1, 0.15) is 5.69 Å². The number of aromatic nitrogens is 2. The van der Waals surface area contributed by atoms with Crippen molar-refractivity contribution in [2.24, 2.45) is 0 Å². The van der Waals surface area contributed by atoms with Crippen LogP contribution in [0, 0.1) is 0 Å². The minimum absolute atomic E-state index is 0.0525. The quantitative estimate of drug-likeness (QED) is 0.903. The van der Waals surface area contributed by atoms with Crippen LogP contribution in [0.5, 0.6) is 0 Å². The molecule has 0 radical (unpaired) electrons. The van der Waals surface area contributed by atoms with E-state index in [9.17, 15) is 9.59 Å². The van der Waals surface area contributed by atoms with Gasteiger partial charge in [-0.3, -0.25) is 14.6 Å². The highest BCUT2D eigenvalue weighted by Gasteiger charge is 2.30. The highest BCUT2D eigenvalue weighted by atomic mass is 16.2. The summed E-state index contributed by atoms with van der Waals surface area (Å²) in [6.45, 7) is 0.884. The summed E-state index contributed by atoms with van der Waals surface area (Å²) < 4.78 is 0. The first-order valence-corrected chi connectivity index (χ1v) is 7.14. The zero-order valence-corrected chi connectivity index (χ0v) is 12.0. The van der Waals surface area contributed by atoms with Crippen LogP contribution in [-0.4, -0.2) is 39.8 Å². The molecule has 1 aliphatic rings. The Morgan fingerprint density at radius 2 is 2.05 bits per heavy atom. The van der Waals surface area contributed by atoms with Crippen molar-refractivity contribution in [3.63, 3.8) is 0 Å². The van der Waals surface area contributed by atoms with Crippen molar-refractivity contribution in [3.8, 4) is 0 Å². The lowest BCUT2D eigenvalue weighted by Crippen LogP contribution is -2.37. The van der Waals surface area contributed by atoms with E-state index in [1.54, 1.807) is 4.90 Å². The minimum atomic E-state index is -0.293. The Kier molecular flexibility index (Phi) is 4.09. The normalized spacial score (nSPS) is 18.5. The van der Waals surface area contributed by atoms with E-state index in [1.165, 1.54) is 18.6 Å². The van der Waals surface area contributed by atoms with Gasteiger partial charge in [-0.25, -0.2) is 4.98 Å². The molecule has 2 heterocycles. The minimum Gasteiger partial charge on any atom is -0.354 e. The van der Waals surface area contributed by atoms with E-state index in [0.717, 1.165) is 5.56 Å². The fraction of sp³-hybridized carbons (Fsp3) is 0.250. The van der Waals surface area contributed by atoms with E-state index in [2.05, 4.69) is 15.3 Å². The zero-order valence-electron chi connectivity index (χ0n) is 12.0. The molecule has 1 aromatic heterocycles. The molecule has 1 atom stereocenters. The number of rotatable bonds is 2. The first kappa shape index (κ1) is 14.2. The molecule has 1 fully saturated rings. The molecule has 1 saturated heterocycles. The Hall–Kier alpha value is -2.76. The summed E-state index contributed by atoms with van der Waals surface area (Å²) in [5.74, 6) is -0.262. The maximum Gasteiger partial charge on any atom is 0.274 e. The van der Waals surface area contributed by atoms with Crippen LogP contribution >= 0.6 is 0 Å². The van der Waals surface area contributed by atoms with Crippen molar-refractivity contribution < 1.29 is 9.59 Å². The summed E-state index contributed by atoms with van der Waals surface area (Å²) in [5.41, 5.74) is 1.23. The first-order chi connectivity index (χ1) is 10.8. The fourth-order valence-corrected chi connectivity index (χ4v) is 2.60. The first-order valence-electron chi connectivity index (χ1n) is 7.14. The summed E-state index contributed by atoms with van der Waals surface area (Å²) in [6.07, 6.45) is 4.71. The second-order valence-corrected chi connectivity index (χ2v) is 5.07. The van der Waals surface area contributed by atoms with Crippen molar-refractivity contribution in [2.75, 3.05) is 13.1 Å². The number of amides is 2. The molecule has 112 valence electrons. The van der Waals surface area contributed by atoms with Crippen LogP contribution < -0.4 is 5.32 Å². The van der Waals surface area contributed by atoms with E-state index in [4.69, 9.17) is 0 Å². The van der Waals surface area contributed by atoms with Gasteiger partial charge >= 0.3 is 0 Å². The Morgan fingerprint density at radius 1 is 1.23 bits per heavy atom. The molecular formula is C16H16N4O2. The fourth-order valence-electron chi connectivity index (χ4n) is 2.60. The van der Waals surface area contributed by atoms with Gasteiger partial charge < -0.3 is 10.2 Å². The summed E-state index contributed by atoms with van der Waals surface area (Å²) in [4.78, 5) is 34.3. The van der Waals surface area contributed by atoms with Crippen molar-refractivity contribution in [1.29, 1.82) is 0 Å². The Morgan fingerprint density at radius 3 is 2.77 bits per heavy atom. The average molecular weight is 296 g/mol. The molecule has 6 nitrogen and oxygen atoms in total. The predicted molar refractivity (Wildman–Crippen MR) is 79.9 cm³/mol. The summed E-state index contributed by atoms with van der Waals surface area (Å²) in [7, 11) is 0. The molecule has 1 aliphatic heterocycles. The zero-order chi connectivity index (χ0) is 15.4. The molecule has 0 spiro atoms. The van der Waals surface area contributed by atoms with E-state index in [0.29, 0.717) is 13.1 Å². The number of benzene rings is 1. The van der Waals surface area contributed by atoms with Gasteiger partial charge in [0.05, 0.1) is 18.7 Å². The van der Waals surface area contributed by atoms with Gasteiger partial charge in [-0.1, -0.05) is 30.3 Å². The van der Waals surface area contributed by atoms with Crippen LogP contribution in [0.15, 0.2) is 48.9 Å². The van der Waals surface area contributed by atoms with Gasteiger partial charge in [-0.05, 0) is 5.56 Å². The summed E-state index contributed by atoms with van der Waals surface area (Å²) in [6, 6.07) is 9.29. The lowest BCUT2D eigenvalue weighted by molar-refractivity contribution is -0.121. The molecule has 1 aromatic carbocycles. The van der Waals surface area contributed by atoms with E-state index >= 15 is 0 Å². The van der Waals surface area contributed by atoms with Crippen molar-refractivity contribution in [3.05, 3.63) is 60.2 Å². The SMILES string of the molecule is O=C1C[C@H](c2ccccc2)N(C(=O)c2cnccn2)CCN1. The Labute approximate surface area is 128 Å². The predicted octanol–water partition coefficient (Wildman–Crippen LogP) is 1.18. The standard InChI is InChI=1S/C16H16N4O2/c21-15-10-14(12-4-2-1-3-5-12)20(9-8-19-15)16(22)13-11-17-6-7-18-13/h1-7,11,14H,8-10H2,(H,19,21)/t14-/m1/s1. The average Bonchev–Trinajstić information content (AvgIpc) is 2.77. The summed E-state index contributed by atoms with van der Waals surface area (Å²) in [5, 5.41) is 2.81. The van der Waals surface area contributed by atoms with Gasteiger partial charge in [0, 0.05) is 25.5 Å². The third-order valence-corrected chi connectivity index (χ3v) is 3.66. The van der Waals surface area contributed by atoms with Crippen LogP contribution in [-0.2, 0) is 4.79 Å². The maximum absolute atomic E-state index is 12.7. The molecule has 6 heteroatoms. The van der Waals surface area contributed by atoms with Gasteiger partial charge in [0.2, 0.25) is 5.91 Å². The number of hydrogen-bond acceptors (Lipinski definition) is 4. The summed E-state index contributed by atoms with van der Waals surface area (Å²) >= 11 is 0. The topological polar surface area (TPSA) is 75.2 Å². The van der Waals surface area contributed by atoms with Crippen LogP contribution in [0.25, 0.3) is 0 Å². The van der Waals surface area contributed by atoms with E-state index in [-0.39, 0.29) is 30.0 Å². The van der Waals surface area contributed by atoms with Gasteiger partial charge in [0.25, 0.3) is 5.91 Å². The third-order valence-electron chi connectivity index (χ3n) is 3.66. The highest BCUT2D eigenvalue weighted by molar-refractivity contribution is 5.93. The molecule has 2 amide bonds. The smallest absolute Gasteiger partial charge is 0.274 e. The number of hydrogen-bond donors (Lipinski definition) is 1. The van der Waals surface area contributed by atoms with Crippen LogP contribution in [0.2, 0.25) is 0 Å². The van der Waals surface area contributed by atoms with Gasteiger partial charge in [0.15, 0.2) is 0 Å². The Balaban J connectivity index is 1.95. The van der Waals surface area contributed by atoms with Crippen molar-refractivity contribution >= 4 is 11.8 Å². The highest BCUT2D eigenvalue weighted by Crippen LogP contribution is 2.26. The molecule has 22 heavy (non-hydrogen) atoms. The third kappa shape index (κ3) is 2.95. The van der Waals surface area contributed by atoms with Crippen molar-refractivity contribution in [1.82, 2.24) is 20.2 Å². The number of nitrogens with zero attached hydrogens (tertiary/aromatic N) is 3. The van der Waals surface area contributed by atoms with E-state index < -0.39 is 0 Å². The Bertz CT molecular complexity index is 660. The lowest BCUT2D eigenvalue weighted by Gasteiger charge is -2.29. The van der Waals surface area contributed by atoms with Gasteiger partial charge in [-0.15, -0.1) is 0 Å². The molecule has 0 aliphatic carbocycles.